The number of nitrogens with zero attached hydrogens (tertiary/aromatic N) is 4. The number of fused-ring (bicyclic) bond motifs is 2. The fourth-order valence-electron chi connectivity index (χ4n) is 2.43. The Labute approximate surface area is 114 Å². The first-order valence-corrected chi connectivity index (χ1v) is 6.30. The van der Waals surface area contributed by atoms with Gasteiger partial charge in [-0.05, 0) is 24.3 Å². The molecule has 0 aliphatic carbocycles. The van der Waals surface area contributed by atoms with Crippen molar-refractivity contribution >= 4 is 16.7 Å². The molecule has 3 aromatic heterocycles. The molecule has 0 aliphatic rings. The summed E-state index contributed by atoms with van der Waals surface area (Å²) in [5.41, 5.74) is 4.38. The lowest BCUT2D eigenvalue weighted by Gasteiger charge is -1.97. The molecule has 98 valence electrons. The fourth-order valence-corrected chi connectivity index (χ4v) is 2.43. The third-order valence-corrected chi connectivity index (χ3v) is 3.48. The second-order valence-electron chi connectivity index (χ2n) is 4.81. The quantitative estimate of drug-likeness (QED) is 0.575. The Kier molecular flexibility index (Phi) is 2.12. The van der Waals surface area contributed by atoms with Crippen LogP contribution in [0.25, 0.3) is 27.9 Å². The molecule has 1 aromatic carbocycles. The minimum Gasteiger partial charge on any atom is -0.504 e. The van der Waals surface area contributed by atoms with Gasteiger partial charge in [0.15, 0.2) is 11.4 Å². The summed E-state index contributed by atoms with van der Waals surface area (Å²) in [6, 6.07) is 9.47. The summed E-state index contributed by atoms with van der Waals surface area (Å²) in [5.74, 6) is 0.178. The van der Waals surface area contributed by atoms with E-state index in [1.54, 1.807) is 18.5 Å². The van der Waals surface area contributed by atoms with E-state index in [1.807, 2.05) is 46.6 Å². The molecule has 0 amide bonds. The van der Waals surface area contributed by atoms with Gasteiger partial charge in [0.1, 0.15) is 0 Å². The molecular weight excluding hydrogens is 252 g/mol. The van der Waals surface area contributed by atoms with Crippen molar-refractivity contribution < 1.29 is 5.11 Å². The maximum absolute atomic E-state index is 9.81. The van der Waals surface area contributed by atoms with Crippen LogP contribution in [0.1, 0.15) is 0 Å². The topological polar surface area (TPSA) is 55.4 Å². The van der Waals surface area contributed by atoms with E-state index < -0.39 is 0 Å². The molecule has 0 saturated carbocycles. The van der Waals surface area contributed by atoms with Crippen LogP contribution in [0, 0.1) is 0 Å². The van der Waals surface area contributed by atoms with Crippen LogP contribution in [0.3, 0.4) is 0 Å². The lowest BCUT2D eigenvalue weighted by Crippen LogP contribution is -1.83. The Morgan fingerprint density at radius 3 is 2.95 bits per heavy atom. The van der Waals surface area contributed by atoms with Crippen molar-refractivity contribution in [3.63, 3.8) is 0 Å². The van der Waals surface area contributed by atoms with Crippen LogP contribution < -0.4 is 0 Å². The van der Waals surface area contributed by atoms with Crippen molar-refractivity contribution in [1.82, 2.24) is 18.9 Å². The third-order valence-electron chi connectivity index (χ3n) is 3.48. The maximum atomic E-state index is 9.81. The zero-order valence-electron chi connectivity index (χ0n) is 10.9. The van der Waals surface area contributed by atoms with Crippen LogP contribution in [0.15, 0.2) is 49.1 Å². The van der Waals surface area contributed by atoms with E-state index in [9.17, 15) is 5.11 Å². The lowest BCUT2D eigenvalue weighted by atomic mass is 10.1. The van der Waals surface area contributed by atoms with Crippen molar-refractivity contribution in [2.45, 2.75) is 0 Å². The normalized spacial score (nSPS) is 11.4. The molecule has 0 spiro atoms. The number of aryl methyl sites for hydroxylation is 1. The zero-order chi connectivity index (χ0) is 13.7. The Bertz CT molecular complexity index is 936. The SMILES string of the molecule is Cn1cnc2cc(-c3cn4cccc(O)c4n3)ccc21. The number of aromatic hydroxyl groups is 1. The molecule has 3 heterocycles. The van der Waals surface area contributed by atoms with E-state index in [-0.39, 0.29) is 5.75 Å². The van der Waals surface area contributed by atoms with E-state index in [0.717, 1.165) is 22.3 Å². The summed E-state index contributed by atoms with van der Waals surface area (Å²) < 4.78 is 3.79. The Balaban J connectivity index is 1.93. The molecule has 4 rings (SSSR count). The summed E-state index contributed by atoms with van der Waals surface area (Å²) in [6.07, 6.45) is 5.56. The number of hydrogen-bond donors (Lipinski definition) is 1. The Morgan fingerprint density at radius 1 is 1.20 bits per heavy atom. The number of imidazole rings is 2. The lowest BCUT2D eigenvalue weighted by molar-refractivity contribution is 0.477. The van der Waals surface area contributed by atoms with Gasteiger partial charge in [0.2, 0.25) is 0 Å². The average molecular weight is 264 g/mol. The predicted molar refractivity (Wildman–Crippen MR) is 76.6 cm³/mol. The van der Waals surface area contributed by atoms with Gasteiger partial charge >= 0.3 is 0 Å². The largest absolute Gasteiger partial charge is 0.504 e. The van der Waals surface area contributed by atoms with Crippen molar-refractivity contribution in [3.8, 4) is 17.0 Å². The van der Waals surface area contributed by atoms with Crippen LogP contribution in [0.2, 0.25) is 0 Å². The van der Waals surface area contributed by atoms with Crippen molar-refractivity contribution in [1.29, 1.82) is 0 Å². The van der Waals surface area contributed by atoms with Gasteiger partial charge in [-0.3, -0.25) is 0 Å². The van der Waals surface area contributed by atoms with Crippen molar-refractivity contribution in [2.75, 3.05) is 0 Å². The molecule has 20 heavy (non-hydrogen) atoms. The molecule has 1 N–H and O–H groups in total. The first-order chi connectivity index (χ1) is 9.72. The molecule has 4 aromatic rings. The fraction of sp³-hybridized carbons (Fsp3) is 0.0667. The third kappa shape index (κ3) is 1.50. The van der Waals surface area contributed by atoms with E-state index in [0.29, 0.717) is 5.65 Å². The minimum absolute atomic E-state index is 0.178. The van der Waals surface area contributed by atoms with Crippen LogP contribution in [-0.4, -0.2) is 24.0 Å². The molecule has 0 bridgehead atoms. The van der Waals surface area contributed by atoms with Crippen molar-refractivity contribution in [3.05, 3.63) is 49.1 Å². The second kappa shape index (κ2) is 3.84. The molecule has 0 radical (unpaired) electrons. The highest BCUT2D eigenvalue weighted by atomic mass is 16.3. The highest BCUT2D eigenvalue weighted by Gasteiger charge is 2.09. The number of hydrogen-bond acceptors (Lipinski definition) is 3. The highest BCUT2D eigenvalue weighted by molar-refractivity contribution is 5.81. The van der Waals surface area contributed by atoms with Crippen LogP contribution in [0.4, 0.5) is 0 Å². The molecular formula is C15H12N4O. The van der Waals surface area contributed by atoms with Crippen LogP contribution in [0.5, 0.6) is 5.75 Å². The van der Waals surface area contributed by atoms with E-state index in [4.69, 9.17) is 0 Å². The molecule has 0 fully saturated rings. The van der Waals surface area contributed by atoms with Crippen LogP contribution >= 0.6 is 0 Å². The molecule has 0 atom stereocenters. The number of rotatable bonds is 1. The molecule has 5 heteroatoms. The first kappa shape index (κ1) is 11.0. The van der Waals surface area contributed by atoms with Crippen LogP contribution in [-0.2, 0) is 7.05 Å². The summed E-state index contributed by atoms with van der Waals surface area (Å²) in [7, 11) is 1.97. The summed E-state index contributed by atoms with van der Waals surface area (Å²) in [5, 5.41) is 9.81. The van der Waals surface area contributed by atoms with Gasteiger partial charge in [0, 0.05) is 25.0 Å². The Hall–Kier alpha value is -2.82. The van der Waals surface area contributed by atoms with Gasteiger partial charge in [-0.15, -0.1) is 0 Å². The number of benzene rings is 1. The molecule has 0 aliphatic heterocycles. The number of pyridine rings is 1. The smallest absolute Gasteiger partial charge is 0.180 e. The minimum atomic E-state index is 0.178. The van der Waals surface area contributed by atoms with Crippen molar-refractivity contribution in [2.24, 2.45) is 7.05 Å². The molecule has 0 saturated heterocycles. The average Bonchev–Trinajstić information content (AvgIpc) is 3.04. The van der Waals surface area contributed by atoms with Gasteiger partial charge in [-0.1, -0.05) is 6.07 Å². The number of aromatic nitrogens is 4. The van der Waals surface area contributed by atoms with E-state index in [2.05, 4.69) is 9.97 Å². The van der Waals surface area contributed by atoms with Gasteiger partial charge in [0.25, 0.3) is 0 Å². The molecule has 0 unspecified atom stereocenters. The van der Waals surface area contributed by atoms with Gasteiger partial charge in [-0.2, -0.15) is 0 Å². The van der Waals surface area contributed by atoms with Gasteiger partial charge in [-0.25, -0.2) is 9.97 Å². The summed E-state index contributed by atoms with van der Waals surface area (Å²) in [6.45, 7) is 0. The standard InChI is InChI=1S/C15H12N4O/c1-18-9-16-11-7-10(4-5-13(11)18)12-8-19-6-2-3-14(20)15(19)17-12/h2-9,20H,1H3. The molecule has 5 nitrogen and oxygen atoms in total. The summed E-state index contributed by atoms with van der Waals surface area (Å²) >= 11 is 0. The van der Waals surface area contributed by atoms with E-state index >= 15 is 0 Å². The maximum Gasteiger partial charge on any atom is 0.180 e. The monoisotopic (exact) mass is 264 g/mol. The highest BCUT2D eigenvalue weighted by Crippen LogP contribution is 2.25. The van der Waals surface area contributed by atoms with Gasteiger partial charge in [0.05, 0.1) is 23.1 Å². The second-order valence-corrected chi connectivity index (χ2v) is 4.81. The van der Waals surface area contributed by atoms with Gasteiger partial charge < -0.3 is 14.1 Å². The zero-order valence-corrected chi connectivity index (χ0v) is 10.9. The first-order valence-electron chi connectivity index (χ1n) is 6.30. The van der Waals surface area contributed by atoms with E-state index in [1.165, 1.54) is 0 Å². The predicted octanol–water partition coefficient (Wildman–Crippen LogP) is 2.59. The summed E-state index contributed by atoms with van der Waals surface area (Å²) in [4.78, 5) is 8.83. The Morgan fingerprint density at radius 2 is 2.10 bits per heavy atom.